The average Bonchev–Trinajstić information content (AvgIpc) is 2.77. The van der Waals surface area contributed by atoms with Crippen molar-refractivity contribution in [3.63, 3.8) is 0 Å². The predicted octanol–water partition coefficient (Wildman–Crippen LogP) is 1.82. The van der Waals surface area contributed by atoms with Crippen molar-refractivity contribution in [2.24, 2.45) is 0 Å². The van der Waals surface area contributed by atoms with Gasteiger partial charge < -0.3 is 19.4 Å². The number of fused-ring (bicyclic) bond motifs is 1. The molecule has 1 aromatic carbocycles. The molecule has 0 aliphatic heterocycles. The zero-order chi connectivity index (χ0) is 13.0. The minimum atomic E-state index is -1.03. The first-order valence-corrected chi connectivity index (χ1v) is 5.67. The summed E-state index contributed by atoms with van der Waals surface area (Å²) in [7, 11) is 0. The van der Waals surface area contributed by atoms with E-state index in [1.54, 1.807) is 18.4 Å². The summed E-state index contributed by atoms with van der Waals surface area (Å²) in [4.78, 5) is 10.5. The number of hydrogen-bond acceptors (Lipinski definition) is 4. The van der Waals surface area contributed by atoms with Crippen LogP contribution in [0.25, 0.3) is 11.0 Å². The molecule has 5 heteroatoms. The fourth-order valence-electron chi connectivity index (χ4n) is 1.80. The van der Waals surface area contributed by atoms with Crippen molar-refractivity contribution in [1.29, 1.82) is 0 Å². The molecule has 0 spiro atoms. The molecule has 2 N–H and O–H groups in total. The molecule has 0 aliphatic rings. The lowest BCUT2D eigenvalue weighted by Gasteiger charge is -2.03. The molecule has 0 bridgehead atoms. The molecule has 0 unspecified atom stereocenters. The highest BCUT2D eigenvalue weighted by Crippen LogP contribution is 2.30. The van der Waals surface area contributed by atoms with E-state index in [2.05, 4.69) is 0 Å². The van der Waals surface area contributed by atoms with Crippen LogP contribution < -0.4 is 4.74 Å². The number of benzene rings is 1. The Morgan fingerprint density at radius 2 is 2.22 bits per heavy atom. The van der Waals surface area contributed by atoms with Crippen LogP contribution in [0.3, 0.4) is 0 Å². The summed E-state index contributed by atoms with van der Waals surface area (Å²) in [5.74, 6) is -0.607. The van der Waals surface area contributed by atoms with E-state index in [1.165, 1.54) is 0 Å². The third-order valence-electron chi connectivity index (χ3n) is 2.60. The molecule has 0 atom stereocenters. The summed E-state index contributed by atoms with van der Waals surface area (Å²) in [6, 6.07) is 5.35. The second-order valence-electron chi connectivity index (χ2n) is 3.90. The van der Waals surface area contributed by atoms with E-state index in [9.17, 15) is 4.79 Å². The van der Waals surface area contributed by atoms with Gasteiger partial charge in [-0.25, -0.2) is 4.79 Å². The lowest BCUT2D eigenvalue weighted by Crippen LogP contribution is -2.09. The summed E-state index contributed by atoms with van der Waals surface area (Å²) in [6.45, 7) is -0.270. The Kier molecular flexibility index (Phi) is 3.84. The highest BCUT2D eigenvalue weighted by Gasteiger charge is 2.11. The Morgan fingerprint density at radius 3 is 2.94 bits per heavy atom. The van der Waals surface area contributed by atoms with E-state index < -0.39 is 12.6 Å². The van der Waals surface area contributed by atoms with E-state index in [-0.39, 0.29) is 6.61 Å². The number of ether oxygens (including phenoxy) is 1. The Hall–Kier alpha value is -2.01. The number of carboxylic acids is 1. The van der Waals surface area contributed by atoms with Gasteiger partial charge in [-0.2, -0.15) is 0 Å². The summed E-state index contributed by atoms with van der Waals surface area (Å²) >= 11 is 0. The number of carboxylic acid groups (broad SMARTS) is 1. The van der Waals surface area contributed by atoms with Crippen molar-refractivity contribution in [3.8, 4) is 5.75 Å². The first-order chi connectivity index (χ1) is 8.72. The zero-order valence-electron chi connectivity index (χ0n) is 9.76. The second kappa shape index (κ2) is 5.55. The van der Waals surface area contributed by atoms with Crippen LogP contribution in [-0.4, -0.2) is 29.4 Å². The Morgan fingerprint density at radius 1 is 1.39 bits per heavy atom. The van der Waals surface area contributed by atoms with Gasteiger partial charge in [0.15, 0.2) is 17.9 Å². The van der Waals surface area contributed by atoms with Gasteiger partial charge in [0.2, 0.25) is 0 Å². The highest BCUT2D eigenvalue weighted by molar-refractivity contribution is 5.86. The van der Waals surface area contributed by atoms with Gasteiger partial charge in [0.25, 0.3) is 0 Å². The first-order valence-electron chi connectivity index (χ1n) is 5.67. The van der Waals surface area contributed by atoms with Crippen LogP contribution in [0.4, 0.5) is 0 Å². The standard InChI is InChI=1S/C13H14O5/c14-6-2-3-9-7-18-13-10(9)4-1-5-11(13)17-8-12(15)16/h1,4-5,7,14H,2-3,6,8H2,(H,15,16). The molecule has 0 saturated carbocycles. The molecule has 0 aliphatic carbocycles. The number of hydrogen-bond donors (Lipinski definition) is 2. The number of rotatable bonds is 6. The SMILES string of the molecule is O=C(O)COc1cccc2c(CCCO)coc12. The summed E-state index contributed by atoms with van der Waals surface area (Å²) < 4.78 is 10.6. The molecule has 2 rings (SSSR count). The molecule has 0 fully saturated rings. The average molecular weight is 250 g/mol. The molecule has 2 aromatic rings. The van der Waals surface area contributed by atoms with Crippen molar-refractivity contribution in [1.82, 2.24) is 0 Å². The topological polar surface area (TPSA) is 79.9 Å². The lowest BCUT2D eigenvalue weighted by atomic mass is 10.1. The number of aliphatic carboxylic acids is 1. The summed E-state index contributed by atoms with van der Waals surface area (Å²) in [5, 5.41) is 18.3. The summed E-state index contributed by atoms with van der Waals surface area (Å²) in [6.07, 6.45) is 2.99. The van der Waals surface area contributed by atoms with E-state index >= 15 is 0 Å². The van der Waals surface area contributed by atoms with Crippen LogP contribution in [0, 0.1) is 0 Å². The lowest BCUT2D eigenvalue weighted by molar-refractivity contribution is -0.139. The molecule has 0 radical (unpaired) electrons. The zero-order valence-corrected chi connectivity index (χ0v) is 9.76. The van der Waals surface area contributed by atoms with Crippen LogP contribution in [0.15, 0.2) is 28.9 Å². The smallest absolute Gasteiger partial charge is 0.341 e. The molecule has 5 nitrogen and oxygen atoms in total. The van der Waals surface area contributed by atoms with Crippen LogP contribution in [0.5, 0.6) is 5.75 Å². The molecule has 18 heavy (non-hydrogen) atoms. The third kappa shape index (κ3) is 2.62. The van der Waals surface area contributed by atoms with Crippen LogP contribution in [0.2, 0.25) is 0 Å². The largest absolute Gasteiger partial charge is 0.479 e. The van der Waals surface area contributed by atoms with Crippen LogP contribution >= 0.6 is 0 Å². The minimum absolute atomic E-state index is 0.127. The number of para-hydroxylation sites is 1. The van der Waals surface area contributed by atoms with Gasteiger partial charge in [0.1, 0.15) is 0 Å². The van der Waals surface area contributed by atoms with E-state index in [4.69, 9.17) is 19.4 Å². The van der Waals surface area contributed by atoms with Gasteiger partial charge in [0.05, 0.1) is 6.26 Å². The number of aliphatic hydroxyl groups excluding tert-OH is 1. The Labute approximate surface area is 104 Å². The molecule has 1 heterocycles. The predicted molar refractivity (Wildman–Crippen MR) is 64.8 cm³/mol. The van der Waals surface area contributed by atoms with Gasteiger partial charge in [-0.15, -0.1) is 0 Å². The van der Waals surface area contributed by atoms with Crippen LogP contribution in [0.1, 0.15) is 12.0 Å². The van der Waals surface area contributed by atoms with E-state index in [0.717, 1.165) is 10.9 Å². The van der Waals surface area contributed by atoms with Gasteiger partial charge in [-0.3, -0.25) is 0 Å². The Bertz CT molecular complexity index is 543. The highest BCUT2D eigenvalue weighted by atomic mass is 16.5. The van der Waals surface area contributed by atoms with Crippen LogP contribution in [-0.2, 0) is 11.2 Å². The van der Waals surface area contributed by atoms with Crippen molar-refractivity contribution in [2.75, 3.05) is 13.2 Å². The third-order valence-corrected chi connectivity index (χ3v) is 2.60. The number of aliphatic hydroxyl groups is 1. The maximum absolute atomic E-state index is 10.5. The normalized spacial score (nSPS) is 10.7. The summed E-state index contributed by atoms with van der Waals surface area (Å²) in [5.41, 5.74) is 1.53. The molecular weight excluding hydrogens is 236 g/mol. The van der Waals surface area contributed by atoms with Crippen molar-refractivity contribution < 1.29 is 24.2 Å². The maximum atomic E-state index is 10.5. The maximum Gasteiger partial charge on any atom is 0.341 e. The van der Waals surface area contributed by atoms with E-state index in [0.29, 0.717) is 24.2 Å². The number of aryl methyl sites for hydroxylation is 1. The molecule has 0 amide bonds. The van der Waals surface area contributed by atoms with Gasteiger partial charge in [-0.1, -0.05) is 12.1 Å². The van der Waals surface area contributed by atoms with Crippen molar-refractivity contribution in [2.45, 2.75) is 12.8 Å². The quantitative estimate of drug-likeness (QED) is 0.817. The van der Waals surface area contributed by atoms with Gasteiger partial charge >= 0.3 is 5.97 Å². The van der Waals surface area contributed by atoms with Gasteiger partial charge in [0, 0.05) is 12.0 Å². The second-order valence-corrected chi connectivity index (χ2v) is 3.90. The van der Waals surface area contributed by atoms with E-state index in [1.807, 2.05) is 6.07 Å². The molecular formula is C13H14O5. The number of furan rings is 1. The molecule has 0 saturated heterocycles. The minimum Gasteiger partial charge on any atom is -0.479 e. The fourth-order valence-corrected chi connectivity index (χ4v) is 1.80. The van der Waals surface area contributed by atoms with Crippen molar-refractivity contribution in [3.05, 3.63) is 30.0 Å². The van der Waals surface area contributed by atoms with Gasteiger partial charge in [-0.05, 0) is 24.5 Å². The monoisotopic (exact) mass is 250 g/mol. The Balaban J connectivity index is 2.27. The molecule has 1 aromatic heterocycles. The first kappa shape index (κ1) is 12.4. The molecule has 96 valence electrons. The fraction of sp³-hybridized carbons (Fsp3) is 0.308. The van der Waals surface area contributed by atoms with Crippen molar-refractivity contribution >= 4 is 16.9 Å². The number of carbonyl (C=O) groups is 1.